The zero-order chi connectivity index (χ0) is 35.6. The van der Waals surface area contributed by atoms with Gasteiger partial charge in [0.25, 0.3) is 11.6 Å². The summed E-state index contributed by atoms with van der Waals surface area (Å²) >= 11 is 1.05. The largest absolute Gasteiger partial charge is 0.456 e. The van der Waals surface area contributed by atoms with E-state index in [2.05, 4.69) is 5.32 Å². The number of benzene rings is 4. The number of nitrogens with one attached hydrogen (secondary N) is 1. The number of rotatable bonds is 10. The minimum atomic E-state index is -1.50. The van der Waals surface area contributed by atoms with Gasteiger partial charge in [-0.2, -0.15) is 0 Å². The molecular formula is C36H28N2O11S. The molecule has 0 atom stereocenters. The maximum atomic E-state index is 13.5. The molecule has 1 N–H and O–H groups in total. The van der Waals surface area contributed by atoms with E-state index in [1.54, 1.807) is 48.5 Å². The van der Waals surface area contributed by atoms with Crippen molar-refractivity contribution in [3.63, 3.8) is 0 Å². The van der Waals surface area contributed by atoms with Gasteiger partial charge in [-0.05, 0) is 48.4 Å². The Kier molecular flexibility index (Phi) is 9.37. The molecule has 4 aromatic carbocycles. The predicted octanol–water partition coefficient (Wildman–Crippen LogP) is 5.98. The maximum absolute atomic E-state index is 13.5. The van der Waals surface area contributed by atoms with Crippen LogP contribution in [0.5, 0.6) is 23.0 Å². The van der Waals surface area contributed by atoms with E-state index in [1.807, 2.05) is 0 Å². The van der Waals surface area contributed by atoms with Crippen LogP contribution in [0.1, 0.15) is 69.7 Å². The van der Waals surface area contributed by atoms with Gasteiger partial charge in [0.15, 0.2) is 10.7 Å². The summed E-state index contributed by atoms with van der Waals surface area (Å²) in [6, 6.07) is 20.1. The Morgan fingerprint density at radius 1 is 0.860 bits per heavy atom. The normalized spacial score (nSPS) is 13.2. The van der Waals surface area contributed by atoms with Crippen molar-refractivity contribution < 1.29 is 47.8 Å². The third-order valence-corrected chi connectivity index (χ3v) is 8.90. The van der Waals surface area contributed by atoms with Gasteiger partial charge in [-0.25, -0.2) is 4.79 Å². The molecule has 0 aromatic heterocycles. The lowest BCUT2D eigenvalue weighted by Crippen LogP contribution is -2.33. The molecule has 13 nitrogen and oxygen atoms in total. The average molecular weight is 697 g/mol. The number of non-ortho nitro benzene ring substituents is 1. The topological polar surface area (TPSA) is 177 Å². The summed E-state index contributed by atoms with van der Waals surface area (Å²) in [4.78, 5) is 72.7. The van der Waals surface area contributed by atoms with Crippen LogP contribution in [0.25, 0.3) is 0 Å². The second-order valence-corrected chi connectivity index (χ2v) is 12.4. The maximum Gasteiger partial charge on any atom is 0.340 e. The van der Waals surface area contributed by atoms with Crippen LogP contribution in [0.4, 0.5) is 5.69 Å². The predicted molar refractivity (Wildman–Crippen MR) is 178 cm³/mol. The summed E-state index contributed by atoms with van der Waals surface area (Å²) in [5.41, 5.74) is 0.795. The Balaban J connectivity index is 1.19. The van der Waals surface area contributed by atoms with Gasteiger partial charge in [0.1, 0.15) is 23.0 Å². The molecule has 254 valence electrons. The molecule has 4 aromatic rings. The lowest BCUT2D eigenvalue weighted by Gasteiger charge is -2.36. The van der Waals surface area contributed by atoms with Gasteiger partial charge in [0, 0.05) is 79.1 Å². The number of thioether (sulfide) groups is 1. The Morgan fingerprint density at radius 2 is 1.50 bits per heavy atom. The molecule has 6 rings (SSSR count). The highest BCUT2D eigenvalue weighted by Gasteiger charge is 2.54. The third-order valence-electron chi connectivity index (χ3n) is 7.90. The Labute approximate surface area is 289 Å². The number of ether oxygens (including phenoxy) is 4. The molecule has 0 saturated carbocycles. The monoisotopic (exact) mass is 696 g/mol. The highest BCUT2D eigenvalue weighted by atomic mass is 32.2. The molecule has 14 heteroatoms. The highest BCUT2D eigenvalue weighted by Crippen LogP contribution is 2.57. The minimum absolute atomic E-state index is 0.0414. The standard InChI is InChI=1S/C36H28N2O11S/c1-20(39)46-25-9-12-29-31(17-25)48-32-18-26(47-21(2)40)10-13-30(32)36(29)28-11-8-23(16-27(28)35(43)49-36)34(42)37-14-4-7-33(41)50-19-22-5-3-6-24(15-22)38(44)45/h3,5-6,8-13,15-18H,4,7,14,19H2,1-2H3,(H,37,42). The first-order chi connectivity index (χ1) is 23.9. The Hall–Kier alpha value is -6.02. The molecule has 2 heterocycles. The van der Waals surface area contributed by atoms with Gasteiger partial charge < -0.3 is 24.3 Å². The second-order valence-electron chi connectivity index (χ2n) is 11.4. The lowest BCUT2D eigenvalue weighted by atomic mass is 9.77. The van der Waals surface area contributed by atoms with Gasteiger partial charge in [0.2, 0.25) is 0 Å². The van der Waals surface area contributed by atoms with E-state index in [4.69, 9.17) is 18.9 Å². The summed E-state index contributed by atoms with van der Waals surface area (Å²) < 4.78 is 22.8. The molecular weight excluding hydrogens is 668 g/mol. The fraction of sp³-hybridized carbons (Fsp3) is 0.194. The van der Waals surface area contributed by atoms with Gasteiger partial charge in [-0.3, -0.25) is 29.3 Å². The number of amides is 1. The Morgan fingerprint density at radius 3 is 2.12 bits per heavy atom. The zero-order valence-electron chi connectivity index (χ0n) is 26.7. The summed E-state index contributed by atoms with van der Waals surface area (Å²) in [5.74, 6) is -1.07. The third kappa shape index (κ3) is 6.78. The molecule has 0 aliphatic carbocycles. The number of nitrogens with zero attached hydrogens (tertiary/aromatic N) is 1. The lowest BCUT2D eigenvalue weighted by molar-refractivity contribution is -0.384. The number of hydrogen-bond donors (Lipinski definition) is 1. The number of carbonyl (C=O) groups is 5. The van der Waals surface area contributed by atoms with Crippen molar-refractivity contribution >= 4 is 46.4 Å². The molecule has 0 radical (unpaired) electrons. The SMILES string of the molecule is CC(=O)Oc1ccc2c(c1)Oc1cc(OC(C)=O)ccc1C21OC(=O)c2cc(C(=O)NCCCC(=O)SCc3cccc([N+](=O)[O-])c3)ccc21. The first kappa shape index (κ1) is 33.9. The van der Waals surface area contributed by atoms with E-state index < -0.39 is 34.3 Å². The summed E-state index contributed by atoms with van der Waals surface area (Å²) in [7, 11) is 0. The van der Waals surface area contributed by atoms with Crippen LogP contribution in [0.2, 0.25) is 0 Å². The van der Waals surface area contributed by atoms with Crippen LogP contribution in [-0.4, -0.2) is 40.4 Å². The molecule has 2 aliphatic heterocycles. The van der Waals surface area contributed by atoms with Crippen molar-refractivity contribution in [1.29, 1.82) is 0 Å². The van der Waals surface area contributed by atoms with Crippen molar-refractivity contribution in [2.75, 3.05) is 6.54 Å². The number of nitro benzene ring substituents is 1. The average Bonchev–Trinajstić information content (AvgIpc) is 3.36. The number of carbonyl (C=O) groups excluding carboxylic acids is 5. The van der Waals surface area contributed by atoms with Crippen molar-refractivity contribution in [3.8, 4) is 23.0 Å². The van der Waals surface area contributed by atoms with Gasteiger partial charge in [-0.15, -0.1) is 0 Å². The van der Waals surface area contributed by atoms with Crippen LogP contribution in [0, 0.1) is 10.1 Å². The van der Waals surface area contributed by atoms with Gasteiger partial charge >= 0.3 is 17.9 Å². The molecule has 0 saturated heterocycles. The Bertz CT molecular complexity index is 2030. The molecule has 50 heavy (non-hydrogen) atoms. The quantitative estimate of drug-likeness (QED) is 0.0675. The smallest absolute Gasteiger partial charge is 0.340 e. The van der Waals surface area contributed by atoms with Crippen molar-refractivity contribution in [2.45, 2.75) is 38.0 Å². The molecule has 0 fully saturated rings. The molecule has 1 amide bonds. The molecule has 0 bridgehead atoms. The van der Waals surface area contributed by atoms with E-state index in [9.17, 15) is 34.1 Å². The summed E-state index contributed by atoms with van der Waals surface area (Å²) in [5, 5.41) is 13.6. The first-order valence-electron chi connectivity index (χ1n) is 15.3. The van der Waals surface area contributed by atoms with Crippen LogP contribution in [-0.2, 0) is 30.5 Å². The van der Waals surface area contributed by atoms with Gasteiger partial charge in [0.05, 0.1) is 10.5 Å². The van der Waals surface area contributed by atoms with E-state index in [0.717, 1.165) is 11.8 Å². The van der Waals surface area contributed by atoms with Crippen LogP contribution >= 0.6 is 11.8 Å². The first-order valence-corrected chi connectivity index (χ1v) is 16.3. The zero-order valence-corrected chi connectivity index (χ0v) is 27.5. The van der Waals surface area contributed by atoms with Crippen molar-refractivity contribution in [3.05, 3.63) is 122 Å². The number of fused-ring (bicyclic) bond motifs is 6. The number of nitro groups is 1. The van der Waals surface area contributed by atoms with Crippen molar-refractivity contribution in [1.82, 2.24) is 5.32 Å². The number of hydrogen-bond acceptors (Lipinski definition) is 12. The van der Waals surface area contributed by atoms with Gasteiger partial charge in [-0.1, -0.05) is 30.0 Å². The van der Waals surface area contributed by atoms with Crippen molar-refractivity contribution in [2.24, 2.45) is 0 Å². The van der Waals surface area contributed by atoms with Crippen LogP contribution in [0.15, 0.2) is 78.9 Å². The van der Waals surface area contributed by atoms with E-state index >= 15 is 0 Å². The van der Waals surface area contributed by atoms with E-state index in [1.165, 1.54) is 44.2 Å². The van der Waals surface area contributed by atoms with Crippen LogP contribution in [0.3, 0.4) is 0 Å². The summed E-state index contributed by atoms with van der Waals surface area (Å²) in [6.45, 7) is 2.71. The second kappa shape index (κ2) is 13.8. The highest BCUT2D eigenvalue weighted by molar-refractivity contribution is 8.12. The number of esters is 3. The van der Waals surface area contributed by atoms with Crippen LogP contribution < -0.4 is 19.5 Å². The fourth-order valence-electron chi connectivity index (χ4n) is 5.82. The minimum Gasteiger partial charge on any atom is -0.456 e. The van der Waals surface area contributed by atoms with E-state index in [-0.39, 0.29) is 57.9 Å². The molecule has 0 unspecified atom stereocenters. The summed E-state index contributed by atoms with van der Waals surface area (Å²) in [6.07, 6.45) is 0.541. The fourth-order valence-corrected chi connectivity index (χ4v) is 6.62. The molecule has 1 spiro atoms. The van der Waals surface area contributed by atoms with E-state index in [0.29, 0.717) is 34.4 Å². The molecule has 2 aliphatic rings.